The number of nitrogens with one attached hydrogen (secondary N) is 1. The Kier molecular flexibility index (Phi) is 6.04. The van der Waals surface area contributed by atoms with Crippen molar-refractivity contribution in [1.82, 2.24) is 9.62 Å². The van der Waals surface area contributed by atoms with E-state index in [2.05, 4.69) is 27.8 Å². The number of rotatable bonds is 7. The third kappa shape index (κ3) is 4.43. The first-order valence-electron chi connectivity index (χ1n) is 8.97. The van der Waals surface area contributed by atoms with Gasteiger partial charge in [-0.3, -0.25) is 4.90 Å². The molecule has 1 atom stereocenters. The molecule has 0 aliphatic carbocycles. The maximum absolute atomic E-state index is 12.7. The van der Waals surface area contributed by atoms with Gasteiger partial charge in [0.25, 0.3) is 0 Å². The average Bonchev–Trinajstić information content (AvgIpc) is 2.71. The minimum Gasteiger partial charge on any atom is -0.493 e. The van der Waals surface area contributed by atoms with Gasteiger partial charge in [0.05, 0.1) is 19.1 Å². The van der Waals surface area contributed by atoms with Gasteiger partial charge in [0.1, 0.15) is 0 Å². The van der Waals surface area contributed by atoms with Crippen molar-refractivity contribution in [3.05, 3.63) is 53.6 Å². The van der Waals surface area contributed by atoms with E-state index in [9.17, 15) is 8.42 Å². The van der Waals surface area contributed by atoms with Gasteiger partial charge in [-0.05, 0) is 36.6 Å². The Hall–Kier alpha value is -2.09. The van der Waals surface area contributed by atoms with Gasteiger partial charge in [0.15, 0.2) is 11.5 Å². The first kappa shape index (κ1) is 19.7. The fourth-order valence-electron chi connectivity index (χ4n) is 3.32. The van der Waals surface area contributed by atoms with Crippen LogP contribution in [0.1, 0.15) is 18.1 Å². The van der Waals surface area contributed by atoms with Crippen molar-refractivity contribution in [1.29, 1.82) is 0 Å². The molecule has 0 spiro atoms. The molecule has 2 aromatic carbocycles. The Morgan fingerprint density at radius 2 is 1.78 bits per heavy atom. The first-order valence-corrected chi connectivity index (χ1v) is 10.5. The SMILES string of the molecule is COc1ccc(S(=O)(=O)NCC(C)N2CCc3ccccc3C2)cc1OC. The van der Waals surface area contributed by atoms with Crippen molar-refractivity contribution < 1.29 is 17.9 Å². The molecule has 7 heteroatoms. The van der Waals surface area contributed by atoms with Crippen molar-refractivity contribution in [2.75, 3.05) is 27.3 Å². The molecule has 0 bridgehead atoms. The highest BCUT2D eigenvalue weighted by Crippen LogP contribution is 2.29. The van der Waals surface area contributed by atoms with Gasteiger partial charge in [-0.2, -0.15) is 0 Å². The fraction of sp³-hybridized carbons (Fsp3) is 0.400. The second-order valence-electron chi connectivity index (χ2n) is 6.71. The van der Waals surface area contributed by atoms with E-state index >= 15 is 0 Å². The van der Waals surface area contributed by atoms with Crippen LogP contribution in [0.3, 0.4) is 0 Å². The van der Waals surface area contributed by atoms with Gasteiger partial charge in [-0.25, -0.2) is 13.1 Å². The highest BCUT2D eigenvalue weighted by molar-refractivity contribution is 7.89. The number of benzene rings is 2. The molecule has 3 rings (SSSR count). The molecule has 0 saturated carbocycles. The molecule has 0 saturated heterocycles. The summed E-state index contributed by atoms with van der Waals surface area (Å²) in [5, 5.41) is 0. The monoisotopic (exact) mass is 390 g/mol. The van der Waals surface area contributed by atoms with Crippen LogP contribution >= 0.6 is 0 Å². The summed E-state index contributed by atoms with van der Waals surface area (Å²) in [7, 11) is -0.624. The summed E-state index contributed by atoms with van der Waals surface area (Å²) in [5.74, 6) is 0.887. The third-order valence-corrected chi connectivity index (χ3v) is 6.44. The van der Waals surface area contributed by atoms with Crippen LogP contribution in [0, 0.1) is 0 Å². The van der Waals surface area contributed by atoms with Crippen LogP contribution in [0.25, 0.3) is 0 Å². The molecule has 0 fully saturated rings. The largest absolute Gasteiger partial charge is 0.493 e. The van der Waals surface area contributed by atoms with Crippen LogP contribution in [0.4, 0.5) is 0 Å². The molecule has 6 nitrogen and oxygen atoms in total. The van der Waals surface area contributed by atoms with Crippen LogP contribution in [0.5, 0.6) is 11.5 Å². The molecule has 1 aliphatic rings. The molecule has 0 radical (unpaired) electrons. The lowest BCUT2D eigenvalue weighted by atomic mass is 9.99. The molecule has 0 amide bonds. The van der Waals surface area contributed by atoms with E-state index in [-0.39, 0.29) is 10.9 Å². The van der Waals surface area contributed by atoms with Crippen LogP contribution in [0.15, 0.2) is 47.4 Å². The number of nitrogens with zero attached hydrogens (tertiary/aromatic N) is 1. The lowest BCUT2D eigenvalue weighted by molar-refractivity contribution is 0.192. The summed E-state index contributed by atoms with van der Waals surface area (Å²) >= 11 is 0. The van der Waals surface area contributed by atoms with Crippen LogP contribution in [-0.4, -0.2) is 46.7 Å². The van der Waals surface area contributed by atoms with Crippen LogP contribution in [0.2, 0.25) is 0 Å². The maximum atomic E-state index is 12.7. The van der Waals surface area contributed by atoms with Gasteiger partial charge in [-0.1, -0.05) is 24.3 Å². The summed E-state index contributed by atoms with van der Waals surface area (Å²) in [4.78, 5) is 2.47. The Morgan fingerprint density at radius 3 is 2.48 bits per heavy atom. The Balaban J connectivity index is 1.65. The van der Waals surface area contributed by atoms with Gasteiger partial charge >= 0.3 is 0 Å². The van der Waals surface area contributed by atoms with Crippen molar-refractivity contribution >= 4 is 10.0 Å². The predicted octanol–water partition coefficient (Wildman–Crippen LogP) is 2.43. The van der Waals surface area contributed by atoms with Crippen molar-refractivity contribution in [2.45, 2.75) is 30.8 Å². The second kappa shape index (κ2) is 8.29. The van der Waals surface area contributed by atoms with E-state index in [1.807, 2.05) is 13.0 Å². The molecule has 1 heterocycles. The highest BCUT2D eigenvalue weighted by Gasteiger charge is 2.23. The van der Waals surface area contributed by atoms with Gasteiger partial charge in [0, 0.05) is 31.7 Å². The summed E-state index contributed by atoms with van der Waals surface area (Å²) in [6.45, 7) is 4.16. The predicted molar refractivity (Wildman–Crippen MR) is 105 cm³/mol. The number of hydrogen-bond acceptors (Lipinski definition) is 5. The minimum absolute atomic E-state index is 0.0910. The molecular weight excluding hydrogens is 364 g/mol. The maximum Gasteiger partial charge on any atom is 0.240 e. The molecule has 1 aliphatic heterocycles. The van der Waals surface area contributed by atoms with E-state index in [1.54, 1.807) is 6.07 Å². The summed E-state index contributed by atoms with van der Waals surface area (Å²) in [5.41, 5.74) is 2.70. The topological polar surface area (TPSA) is 67.9 Å². The molecule has 27 heavy (non-hydrogen) atoms. The lowest BCUT2D eigenvalue weighted by Crippen LogP contribution is -2.44. The fourth-order valence-corrected chi connectivity index (χ4v) is 4.46. The number of methoxy groups -OCH3 is 2. The van der Waals surface area contributed by atoms with E-state index in [4.69, 9.17) is 9.47 Å². The molecule has 0 aromatic heterocycles. The molecule has 146 valence electrons. The standard InChI is InChI=1S/C20H26N2O4S/c1-15(22-11-10-16-6-4-5-7-17(16)14-22)13-21-27(23,24)18-8-9-19(25-2)20(12-18)26-3/h4-9,12,15,21H,10-11,13-14H2,1-3H3. The lowest BCUT2D eigenvalue weighted by Gasteiger charge is -2.33. The zero-order chi connectivity index (χ0) is 19.4. The normalized spacial score (nSPS) is 15.8. The summed E-state index contributed by atoms with van der Waals surface area (Å²) < 4.78 is 38.4. The van der Waals surface area contributed by atoms with E-state index in [0.717, 1.165) is 19.5 Å². The smallest absolute Gasteiger partial charge is 0.240 e. The van der Waals surface area contributed by atoms with E-state index in [0.29, 0.717) is 18.0 Å². The van der Waals surface area contributed by atoms with Crippen molar-refractivity contribution in [3.8, 4) is 11.5 Å². The summed E-state index contributed by atoms with van der Waals surface area (Å²) in [6.07, 6.45) is 0.989. The molecular formula is C20H26N2O4S. The number of sulfonamides is 1. The van der Waals surface area contributed by atoms with E-state index in [1.165, 1.54) is 37.5 Å². The average molecular weight is 391 g/mol. The molecule has 1 unspecified atom stereocenters. The summed E-state index contributed by atoms with van der Waals surface area (Å²) in [6, 6.07) is 13.1. The van der Waals surface area contributed by atoms with Gasteiger partial charge < -0.3 is 9.47 Å². The first-order chi connectivity index (χ1) is 12.9. The Morgan fingerprint density at radius 1 is 1.07 bits per heavy atom. The zero-order valence-corrected chi connectivity index (χ0v) is 16.8. The van der Waals surface area contributed by atoms with Crippen LogP contribution in [-0.2, 0) is 23.0 Å². The van der Waals surface area contributed by atoms with Crippen molar-refractivity contribution in [3.63, 3.8) is 0 Å². The Labute approximate surface area is 161 Å². The second-order valence-corrected chi connectivity index (χ2v) is 8.47. The number of fused-ring (bicyclic) bond motifs is 1. The van der Waals surface area contributed by atoms with Gasteiger partial charge in [-0.15, -0.1) is 0 Å². The molecule has 2 aromatic rings. The minimum atomic E-state index is -3.62. The van der Waals surface area contributed by atoms with Crippen molar-refractivity contribution in [2.24, 2.45) is 0 Å². The zero-order valence-electron chi connectivity index (χ0n) is 15.9. The quantitative estimate of drug-likeness (QED) is 0.786. The number of hydrogen-bond donors (Lipinski definition) is 1. The van der Waals surface area contributed by atoms with Crippen LogP contribution < -0.4 is 14.2 Å². The molecule has 1 N–H and O–H groups in total. The van der Waals surface area contributed by atoms with Gasteiger partial charge in [0.2, 0.25) is 10.0 Å². The highest BCUT2D eigenvalue weighted by atomic mass is 32.2. The number of ether oxygens (including phenoxy) is 2. The Bertz CT molecular complexity index is 899. The van der Waals surface area contributed by atoms with E-state index < -0.39 is 10.0 Å². The third-order valence-electron chi connectivity index (χ3n) is 5.02.